The average Bonchev–Trinajstić information content (AvgIpc) is 3.23. The van der Waals surface area contributed by atoms with Gasteiger partial charge in [-0.25, -0.2) is 14.6 Å². The Morgan fingerprint density at radius 1 is 1.26 bits per heavy atom. The molecule has 0 spiro atoms. The van der Waals surface area contributed by atoms with E-state index < -0.39 is 18.0 Å². The first-order valence-electron chi connectivity index (χ1n) is 11.4. The number of aryl methyl sites for hydroxylation is 1. The van der Waals surface area contributed by atoms with Crippen molar-refractivity contribution in [1.82, 2.24) is 9.55 Å². The largest absolute Gasteiger partial charge is 0.489 e. The molecule has 4 heterocycles. The Hall–Kier alpha value is -3.98. The predicted octanol–water partition coefficient (Wildman–Crippen LogP) is 3.12. The Kier molecular flexibility index (Phi) is 6.45. The fourth-order valence-electron chi connectivity index (χ4n) is 4.41. The molecule has 0 radical (unpaired) electrons. The van der Waals surface area contributed by atoms with E-state index in [0.717, 1.165) is 16.5 Å². The summed E-state index contributed by atoms with van der Waals surface area (Å²) in [6, 6.07) is 6.94. The summed E-state index contributed by atoms with van der Waals surface area (Å²) in [5.74, 6) is -1.40. The fourth-order valence-corrected chi connectivity index (χ4v) is 4.41. The third kappa shape index (κ3) is 3.97. The first-order valence-corrected chi connectivity index (χ1v) is 11.4. The standard InChI is InChI=1S/C24H20N2O7.C2H6/c1-3-13-14-6-12(32-9-11(2)23(29)30)4-5-18(14)25-20-16(13)8-26-19(20)7-15-17(22(26)28)10-33-24(31)21(15)27;1-2/h4-7,21,27H,2-3,8-10H2,1H3,(H,29,30);1-2H3. The number of aromatic nitrogens is 2. The molecule has 1 atom stereocenters. The smallest absolute Gasteiger partial charge is 0.340 e. The van der Waals surface area contributed by atoms with E-state index >= 15 is 0 Å². The van der Waals surface area contributed by atoms with E-state index in [0.29, 0.717) is 35.6 Å². The van der Waals surface area contributed by atoms with Crippen LogP contribution in [0.5, 0.6) is 5.75 Å². The van der Waals surface area contributed by atoms with Gasteiger partial charge in [0.2, 0.25) is 0 Å². The van der Waals surface area contributed by atoms with Gasteiger partial charge in [0.15, 0.2) is 6.10 Å². The van der Waals surface area contributed by atoms with Crippen LogP contribution < -0.4 is 10.3 Å². The van der Waals surface area contributed by atoms with Crippen molar-refractivity contribution in [3.05, 3.63) is 69.0 Å². The van der Waals surface area contributed by atoms with Crippen LogP contribution in [0.25, 0.3) is 22.3 Å². The minimum atomic E-state index is -1.50. The van der Waals surface area contributed by atoms with Crippen LogP contribution >= 0.6 is 0 Å². The summed E-state index contributed by atoms with van der Waals surface area (Å²) in [6.45, 7) is 9.47. The highest BCUT2D eigenvalue weighted by atomic mass is 16.5. The number of aliphatic hydroxyl groups is 1. The maximum atomic E-state index is 13.1. The quantitative estimate of drug-likeness (QED) is 0.331. The van der Waals surface area contributed by atoms with Gasteiger partial charge in [-0.3, -0.25) is 4.79 Å². The van der Waals surface area contributed by atoms with Crippen molar-refractivity contribution in [2.75, 3.05) is 6.61 Å². The van der Waals surface area contributed by atoms with E-state index in [1.165, 1.54) is 0 Å². The van der Waals surface area contributed by atoms with E-state index in [1.54, 1.807) is 22.8 Å². The summed E-state index contributed by atoms with van der Waals surface area (Å²) in [5.41, 5.74) is 3.93. The predicted molar refractivity (Wildman–Crippen MR) is 128 cm³/mol. The Balaban J connectivity index is 0.00000141. The highest BCUT2D eigenvalue weighted by molar-refractivity contribution is 5.89. The molecule has 0 fully saturated rings. The number of carbonyl (C=O) groups is 2. The molecule has 35 heavy (non-hydrogen) atoms. The van der Waals surface area contributed by atoms with Crippen LogP contribution in [-0.2, 0) is 33.9 Å². The topological polar surface area (TPSA) is 128 Å². The van der Waals surface area contributed by atoms with Gasteiger partial charge in [-0.05, 0) is 36.2 Å². The van der Waals surface area contributed by atoms with Gasteiger partial charge in [-0.1, -0.05) is 27.4 Å². The summed E-state index contributed by atoms with van der Waals surface area (Å²) in [5, 5.41) is 20.1. The average molecular weight is 479 g/mol. The van der Waals surface area contributed by atoms with E-state index in [4.69, 9.17) is 19.6 Å². The lowest BCUT2D eigenvalue weighted by atomic mass is 9.97. The third-order valence-corrected chi connectivity index (χ3v) is 6.11. The Morgan fingerprint density at radius 3 is 2.69 bits per heavy atom. The highest BCUT2D eigenvalue weighted by Gasteiger charge is 2.34. The number of benzene rings is 1. The van der Waals surface area contributed by atoms with Crippen molar-refractivity contribution < 1.29 is 29.3 Å². The number of fused-ring (bicyclic) bond motifs is 5. The van der Waals surface area contributed by atoms with Crippen LogP contribution in [0.2, 0.25) is 0 Å². The Bertz CT molecular complexity index is 1440. The molecule has 1 unspecified atom stereocenters. The second-order valence-electron chi connectivity index (χ2n) is 8.01. The molecule has 2 aromatic heterocycles. The van der Waals surface area contributed by atoms with Crippen LogP contribution in [0.15, 0.2) is 41.2 Å². The number of cyclic esters (lactones) is 1. The van der Waals surface area contributed by atoms with Crippen molar-refractivity contribution in [3.8, 4) is 17.1 Å². The van der Waals surface area contributed by atoms with E-state index in [1.807, 2.05) is 26.8 Å². The van der Waals surface area contributed by atoms with Crippen molar-refractivity contribution in [3.63, 3.8) is 0 Å². The third-order valence-electron chi connectivity index (χ3n) is 6.11. The molecular formula is C26H26N2O7. The monoisotopic (exact) mass is 478 g/mol. The number of nitrogens with zero attached hydrogens (tertiary/aromatic N) is 2. The Labute approximate surface area is 201 Å². The number of rotatable bonds is 5. The zero-order valence-corrected chi connectivity index (χ0v) is 19.8. The molecule has 2 N–H and O–H groups in total. The van der Waals surface area contributed by atoms with Gasteiger partial charge in [0.1, 0.15) is 19.0 Å². The van der Waals surface area contributed by atoms with Gasteiger partial charge >= 0.3 is 11.9 Å². The molecule has 9 nitrogen and oxygen atoms in total. The number of carboxylic acids is 1. The fraction of sp³-hybridized carbons (Fsp3) is 0.308. The van der Waals surface area contributed by atoms with Gasteiger partial charge in [0.05, 0.1) is 34.6 Å². The number of hydrogen-bond acceptors (Lipinski definition) is 7. The molecule has 0 bridgehead atoms. The van der Waals surface area contributed by atoms with Crippen LogP contribution in [-0.4, -0.2) is 38.3 Å². The van der Waals surface area contributed by atoms with E-state index in [9.17, 15) is 19.5 Å². The van der Waals surface area contributed by atoms with Crippen molar-refractivity contribution in [1.29, 1.82) is 0 Å². The van der Waals surface area contributed by atoms with Crippen molar-refractivity contribution in [2.24, 2.45) is 0 Å². The minimum Gasteiger partial charge on any atom is -0.489 e. The maximum Gasteiger partial charge on any atom is 0.340 e. The Morgan fingerprint density at radius 2 is 2.00 bits per heavy atom. The summed E-state index contributed by atoms with van der Waals surface area (Å²) in [4.78, 5) is 40.7. The zero-order chi connectivity index (χ0) is 25.4. The maximum absolute atomic E-state index is 13.1. The molecular weight excluding hydrogens is 452 g/mol. The molecule has 5 rings (SSSR count). The number of carboxylic acid groups (broad SMARTS) is 1. The molecule has 182 valence electrons. The summed E-state index contributed by atoms with van der Waals surface area (Å²) in [7, 11) is 0. The van der Waals surface area contributed by atoms with Crippen LogP contribution in [0.4, 0.5) is 0 Å². The second-order valence-corrected chi connectivity index (χ2v) is 8.01. The molecule has 2 aliphatic heterocycles. The summed E-state index contributed by atoms with van der Waals surface area (Å²) >= 11 is 0. The SMILES string of the molecule is C=C(COc1ccc2nc3c(c(CC)c2c1)Cn1c-3cc2c(c1=O)COC(=O)C2O)C(=O)O.CC. The number of hydrogen-bond donors (Lipinski definition) is 2. The highest BCUT2D eigenvalue weighted by Crippen LogP contribution is 2.38. The molecule has 0 aliphatic carbocycles. The number of aliphatic carboxylic acids is 1. The lowest BCUT2D eigenvalue weighted by Crippen LogP contribution is -2.32. The number of carbonyl (C=O) groups excluding carboxylic acids is 1. The molecule has 0 saturated heterocycles. The normalized spacial score (nSPS) is 15.3. The minimum absolute atomic E-state index is 0.0543. The molecule has 1 aromatic carbocycles. The van der Waals surface area contributed by atoms with Gasteiger partial charge in [0, 0.05) is 16.5 Å². The van der Waals surface area contributed by atoms with Crippen LogP contribution in [0, 0.1) is 0 Å². The van der Waals surface area contributed by atoms with Gasteiger partial charge in [0.25, 0.3) is 5.56 Å². The molecule has 0 amide bonds. The number of esters is 1. The van der Waals surface area contributed by atoms with Gasteiger partial charge in [-0.2, -0.15) is 0 Å². The molecule has 3 aromatic rings. The lowest BCUT2D eigenvalue weighted by molar-refractivity contribution is -0.157. The number of pyridine rings is 2. The van der Waals surface area contributed by atoms with Crippen LogP contribution in [0.1, 0.15) is 49.1 Å². The van der Waals surface area contributed by atoms with E-state index in [2.05, 4.69) is 6.58 Å². The molecule has 9 heteroatoms. The van der Waals surface area contributed by atoms with Gasteiger partial charge in [-0.15, -0.1) is 0 Å². The first-order chi connectivity index (χ1) is 16.8. The van der Waals surface area contributed by atoms with Crippen LogP contribution in [0.3, 0.4) is 0 Å². The van der Waals surface area contributed by atoms with E-state index in [-0.39, 0.29) is 35.5 Å². The number of aliphatic hydroxyl groups excluding tert-OH is 1. The summed E-state index contributed by atoms with van der Waals surface area (Å²) < 4.78 is 12.1. The van der Waals surface area contributed by atoms with Crippen molar-refractivity contribution >= 4 is 22.8 Å². The lowest BCUT2D eigenvalue weighted by Gasteiger charge is -2.21. The second kappa shape index (κ2) is 9.34. The molecule has 2 aliphatic rings. The van der Waals surface area contributed by atoms with Crippen molar-refractivity contribution in [2.45, 2.75) is 46.4 Å². The summed E-state index contributed by atoms with van der Waals surface area (Å²) in [6.07, 6.45) is -0.831. The van der Waals surface area contributed by atoms with Gasteiger partial charge < -0.3 is 24.3 Å². The number of ether oxygens (including phenoxy) is 2. The molecule has 0 saturated carbocycles. The zero-order valence-electron chi connectivity index (χ0n) is 19.8. The first kappa shape index (κ1) is 24.2.